The Kier molecular flexibility index (Phi) is 2.56. The summed E-state index contributed by atoms with van der Waals surface area (Å²) in [4.78, 5) is 10.4. The number of ether oxygens (including phenoxy) is 1. The molecule has 1 aromatic carbocycles. The second kappa shape index (κ2) is 3.47. The fourth-order valence-corrected chi connectivity index (χ4v) is 1.17. The SMILES string of the molecule is Cc1ccc(C)c(OC(=O)O)c1C. The minimum absolute atomic E-state index is 0.451. The van der Waals surface area contributed by atoms with Gasteiger partial charge in [-0.1, -0.05) is 12.1 Å². The van der Waals surface area contributed by atoms with E-state index < -0.39 is 6.16 Å². The highest BCUT2D eigenvalue weighted by Crippen LogP contribution is 2.25. The Balaban J connectivity index is 3.17. The second-order valence-electron chi connectivity index (χ2n) is 3.02. The number of carboxylic acid groups (broad SMARTS) is 1. The Labute approximate surface area is 77.0 Å². The Bertz CT molecular complexity index is 342. The number of rotatable bonds is 1. The Morgan fingerprint density at radius 3 is 2.31 bits per heavy atom. The van der Waals surface area contributed by atoms with E-state index in [1.165, 1.54) is 0 Å². The number of benzene rings is 1. The van der Waals surface area contributed by atoms with E-state index in [0.29, 0.717) is 5.75 Å². The highest BCUT2D eigenvalue weighted by atomic mass is 16.7. The van der Waals surface area contributed by atoms with Crippen LogP contribution in [0.1, 0.15) is 16.7 Å². The summed E-state index contributed by atoms with van der Waals surface area (Å²) in [6.45, 7) is 5.59. The van der Waals surface area contributed by atoms with Crippen molar-refractivity contribution in [2.75, 3.05) is 0 Å². The van der Waals surface area contributed by atoms with Crippen LogP contribution in [0.3, 0.4) is 0 Å². The van der Waals surface area contributed by atoms with Gasteiger partial charge in [-0.25, -0.2) is 4.79 Å². The molecule has 3 heteroatoms. The third-order valence-corrected chi connectivity index (χ3v) is 2.06. The van der Waals surface area contributed by atoms with E-state index >= 15 is 0 Å². The number of hydrogen-bond donors (Lipinski definition) is 1. The van der Waals surface area contributed by atoms with Gasteiger partial charge < -0.3 is 9.84 Å². The molecule has 0 heterocycles. The molecule has 0 atom stereocenters. The molecule has 1 aromatic rings. The summed E-state index contributed by atoms with van der Waals surface area (Å²) >= 11 is 0. The quantitative estimate of drug-likeness (QED) is 0.533. The molecule has 0 amide bonds. The summed E-state index contributed by atoms with van der Waals surface area (Å²) in [7, 11) is 0. The minimum atomic E-state index is -1.27. The van der Waals surface area contributed by atoms with Crippen LogP contribution < -0.4 is 4.74 Å². The lowest BCUT2D eigenvalue weighted by molar-refractivity contribution is 0.144. The fraction of sp³-hybridized carbons (Fsp3) is 0.300. The topological polar surface area (TPSA) is 46.5 Å². The van der Waals surface area contributed by atoms with Crippen molar-refractivity contribution in [2.24, 2.45) is 0 Å². The van der Waals surface area contributed by atoms with Crippen LogP contribution in [-0.4, -0.2) is 11.3 Å². The van der Waals surface area contributed by atoms with Gasteiger partial charge in [-0.15, -0.1) is 0 Å². The van der Waals surface area contributed by atoms with Crippen molar-refractivity contribution < 1.29 is 14.6 Å². The summed E-state index contributed by atoms with van der Waals surface area (Å²) in [6, 6.07) is 3.79. The molecule has 1 rings (SSSR count). The van der Waals surface area contributed by atoms with Crippen LogP contribution in [0.25, 0.3) is 0 Å². The zero-order valence-corrected chi connectivity index (χ0v) is 7.92. The molecule has 0 bridgehead atoms. The van der Waals surface area contributed by atoms with Gasteiger partial charge in [0.05, 0.1) is 0 Å². The maximum absolute atomic E-state index is 10.4. The van der Waals surface area contributed by atoms with Gasteiger partial charge in [0.25, 0.3) is 0 Å². The molecule has 3 nitrogen and oxygen atoms in total. The Hall–Kier alpha value is -1.51. The van der Waals surface area contributed by atoms with Crippen molar-refractivity contribution >= 4 is 6.16 Å². The van der Waals surface area contributed by atoms with Crippen LogP contribution >= 0.6 is 0 Å². The van der Waals surface area contributed by atoms with Gasteiger partial charge in [0.2, 0.25) is 0 Å². The maximum atomic E-state index is 10.4. The molecule has 1 N–H and O–H groups in total. The van der Waals surface area contributed by atoms with Gasteiger partial charge in [0.1, 0.15) is 5.75 Å². The molecule has 13 heavy (non-hydrogen) atoms. The average molecular weight is 180 g/mol. The van der Waals surface area contributed by atoms with Gasteiger partial charge in [-0.05, 0) is 37.5 Å². The van der Waals surface area contributed by atoms with Gasteiger partial charge in [0, 0.05) is 0 Å². The zero-order valence-electron chi connectivity index (χ0n) is 7.92. The molecule has 0 unspecified atom stereocenters. The summed E-state index contributed by atoms with van der Waals surface area (Å²) in [5.41, 5.74) is 2.75. The molecule has 0 spiro atoms. The van der Waals surface area contributed by atoms with Crippen LogP contribution in [0, 0.1) is 20.8 Å². The second-order valence-corrected chi connectivity index (χ2v) is 3.02. The lowest BCUT2D eigenvalue weighted by atomic mass is 10.1. The van der Waals surface area contributed by atoms with Crippen molar-refractivity contribution in [2.45, 2.75) is 20.8 Å². The largest absolute Gasteiger partial charge is 0.511 e. The van der Waals surface area contributed by atoms with Gasteiger partial charge in [-0.2, -0.15) is 0 Å². The van der Waals surface area contributed by atoms with Crippen molar-refractivity contribution in [3.05, 3.63) is 28.8 Å². The van der Waals surface area contributed by atoms with Crippen molar-refractivity contribution in [3.63, 3.8) is 0 Å². The van der Waals surface area contributed by atoms with Gasteiger partial charge >= 0.3 is 6.16 Å². The third kappa shape index (κ3) is 1.99. The van der Waals surface area contributed by atoms with E-state index in [2.05, 4.69) is 4.74 Å². The summed E-state index contributed by atoms with van der Waals surface area (Å²) in [5, 5.41) is 8.48. The van der Waals surface area contributed by atoms with Crippen molar-refractivity contribution in [1.29, 1.82) is 0 Å². The normalized spacial score (nSPS) is 9.77. The smallest absolute Gasteiger partial charge is 0.449 e. The lowest BCUT2D eigenvalue weighted by Crippen LogP contribution is -2.06. The standard InChI is InChI=1S/C10H12O3/c1-6-4-5-7(2)9(8(6)3)13-10(11)12/h4-5H,1-3H3,(H,11,12). The number of carbonyl (C=O) groups is 1. The predicted octanol–water partition coefficient (Wildman–Crippen LogP) is 2.67. The van der Waals surface area contributed by atoms with E-state index in [9.17, 15) is 4.79 Å². The fourth-order valence-electron chi connectivity index (χ4n) is 1.17. The van der Waals surface area contributed by atoms with Crippen LogP contribution in [-0.2, 0) is 0 Å². The molecule has 0 aliphatic carbocycles. The van der Waals surface area contributed by atoms with Crippen LogP contribution in [0.2, 0.25) is 0 Å². The highest BCUT2D eigenvalue weighted by Gasteiger charge is 2.09. The van der Waals surface area contributed by atoms with E-state index in [1.54, 1.807) is 0 Å². The number of hydrogen-bond acceptors (Lipinski definition) is 2. The van der Waals surface area contributed by atoms with Gasteiger partial charge in [0.15, 0.2) is 0 Å². The van der Waals surface area contributed by atoms with Gasteiger partial charge in [-0.3, -0.25) is 0 Å². The summed E-state index contributed by atoms with van der Waals surface area (Å²) < 4.78 is 4.67. The predicted molar refractivity (Wildman–Crippen MR) is 49.3 cm³/mol. The van der Waals surface area contributed by atoms with Crippen LogP contribution in [0.4, 0.5) is 4.79 Å². The number of aryl methyl sites for hydroxylation is 2. The molecule has 0 saturated heterocycles. The molecule has 0 radical (unpaired) electrons. The summed E-state index contributed by atoms with van der Waals surface area (Å²) in [5.74, 6) is 0.451. The Morgan fingerprint density at radius 1 is 1.23 bits per heavy atom. The molecule has 0 aromatic heterocycles. The molecule has 0 saturated carbocycles. The minimum Gasteiger partial charge on any atom is -0.449 e. The first kappa shape index (κ1) is 9.58. The molecule has 0 aliphatic heterocycles. The van der Waals surface area contributed by atoms with Crippen LogP contribution in [0.15, 0.2) is 12.1 Å². The van der Waals surface area contributed by atoms with Crippen molar-refractivity contribution in [1.82, 2.24) is 0 Å². The lowest BCUT2D eigenvalue weighted by Gasteiger charge is -2.09. The molecule has 0 aliphatic rings. The van der Waals surface area contributed by atoms with E-state index in [1.807, 2.05) is 32.9 Å². The van der Waals surface area contributed by atoms with Crippen molar-refractivity contribution in [3.8, 4) is 5.75 Å². The van der Waals surface area contributed by atoms with Crippen LogP contribution in [0.5, 0.6) is 5.75 Å². The maximum Gasteiger partial charge on any atom is 0.511 e. The molecular formula is C10H12O3. The first-order valence-corrected chi connectivity index (χ1v) is 4.00. The summed E-state index contributed by atoms with van der Waals surface area (Å²) in [6.07, 6.45) is -1.27. The molecular weight excluding hydrogens is 168 g/mol. The third-order valence-electron chi connectivity index (χ3n) is 2.06. The Morgan fingerprint density at radius 2 is 1.77 bits per heavy atom. The van der Waals surface area contributed by atoms with E-state index in [0.717, 1.165) is 16.7 Å². The monoisotopic (exact) mass is 180 g/mol. The molecule has 0 fully saturated rings. The molecule has 70 valence electrons. The van der Waals surface area contributed by atoms with E-state index in [4.69, 9.17) is 5.11 Å². The first-order chi connectivity index (χ1) is 6.02. The first-order valence-electron chi connectivity index (χ1n) is 4.00. The van der Waals surface area contributed by atoms with E-state index in [-0.39, 0.29) is 0 Å². The zero-order chi connectivity index (χ0) is 10.0. The average Bonchev–Trinajstić information content (AvgIpc) is 2.05. The highest BCUT2D eigenvalue weighted by molar-refractivity contribution is 5.63.